The van der Waals surface area contributed by atoms with Crippen molar-refractivity contribution >= 4 is 5.97 Å². The van der Waals surface area contributed by atoms with Gasteiger partial charge in [-0.3, -0.25) is 4.79 Å². The van der Waals surface area contributed by atoms with Gasteiger partial charge in [0.2, 0.25) is 0 Å². The Kier molecular flexibility index (Phi) is 3.21. The number of fused-ring (bicyclic) bond motifs is 2. The van der Waals surface area contributed by atoms with Gasteiger partial charge in [-0.15, -0.1) is 0 Å². The highest BCUT2D eigenvalue weighted by atomic mass is 16.4. The molecule has 17 heavy (non-hydrogen) atoms. The molecule has 2 atom stereocenters. The van der Waals surface area contributed by atoms with Gasteiger partial charge in [0.05, 0.1) is 12.1 Å². The van der Waals surface area contributed by atoms with Crippen LogP contribution in [0.4, 0.5) is 0 Å². The number of nitrogens with one attached hydrogen (secondary N) is 1. The number of rotatable bonds is 3. The number of aliphatic carboxylic acids is 1. The van der Waals surface area contributed by atoms with E-state index < -0.39 is 11.6 Å². The molecule has 0 heterocycles. The Balaban J connectivity index is 2.14. The molecule has 0 aromatic carbocycles. The number of hydrogen-bond acceptors (Lipinski definition) is 3. The maximum atomic E-state index is 10.7. The fourth-order valence-corrected chi connectivity index (χ4v) is 4.33. The van der Waals surface area contributed by atoms with Crippen molar-refractivity contribution in [3.05, 3.63) is 0 Å². The van der Waals surface area contributed by atoms with Crippen LogP contribution in [0.15, 0.2) is 0 Å². The fraction of sp³-hybridized carbons (Fsp3) is 0.923. The minimum Gasteiger partial charge on any atom is -0.480 e. The van der Waals surface area contributed by atoms with Crippen molar-refractivity contribution in [2.24, 2.45) is 11.8 Å². The second-order valence-corrected chi connectivity index (χ2v) is 6.46. The average molecular weight is 241 g/mol. The van der Waals surface area contributed by atoms with Crippen LogP contribution in [0, 0.1) is 11.8 Å². The molecule has 4 heteroatoms. The second-order valence-electron chi connectivity index (χ2n) is 6.46. The molecule has 2 fully saturated rings. The summed E-state index contributed by atoms with van der Waals surface area (Å²) in [5, 5.41) is 22.6. The van der Waals surface area contributed by atoms with E-state index in [0.717, 1.165) is 25.7 Å². The largest absolute Gasteiger partial charge is 0.480 e. The Morgan fingerprint density at radius 2 is 1.76 bits per heavy atom. The molecule has 0 aromatic rings. The van der Waals surface area contributed by atoms with Gasteiger partial charge in [-0.1, -0.05) is 13.8 Å². The lowest BCUT2D eigenvalue weighted by molar-refractivity contribution is -0.138. The second kappa shape index (κ2) is 4.25. The highest BCUT2D eigenvalue weighted by Gasteiger charge is 2.51. The summed E-state index contributed by atoms with van der Waals surface area (Å²) >= 11 is 0. The van der Waals surface area contributed by atoms with Gasteiger partial charge >= 0.3 is 5.97 Å². The normalized spacial score (nSPS) is 45.6. The van der Waals surface area contributed by atoms with Crippen LogP contribution in [0.3, 0.4) is 0 Å². The number of carboxylic acid groups (broad SMARTS) is 1. The molecule has 4 nitrogen and oxygen atoms in total. The summed E-state index contributed by atoms with van der Waals surface area (Å²) < 4.78 is 0. The molecule has 2 aliphatic rings. The first kappa shape index (κ1) is 12.8. The van der Waals surface area contributed by atoms with Crippen molar-refractivity contribution in [1.29, 1.82) is 0 Å². The first-order valence-electron chi connectivity index (χ1n) is 6.52. The number of carbonyl (C=O) groups is 1. The van der Waals surface area contributed by atoms with Gasteiger partial charge in [0.1, 0.15) is 0 Å². The summed E-state index contributed by atoms with van der Waals surface area (Å²) in [6, 6.07) is 0. The summed E-state index contributed by atoms with van der Waals surface area (Å²) in [5.41, 5.74) is -0.747. The molecular weight excluding hydrogens is 218 g/mol. The summed E-state index contributed by atoms with van der Waals surface area (Å²) in [6.07, 6.45) is 4.38. The molecule has 2 aliphatic carbocycles. The van der Waals surface area contributed by atoms with Crippen molar-refractivity contribution in [1.82, 2.24) is 5.32 Å². The van der Waals surface area contributed by atoms with E-state index in [2.05, 4.69) is 19.2 Å². The van der Waals surface area contributed by atoms with Gasteiger partial charge in [0, 0.05) is 5.54 Å². The molecule has 98 valence electrons. The third kappa shape index (κ3) is 2.80. The molecule has 0 aliphatic heterocycles. The first-order valence-corrected chi connectivity index (χ1v) is 6.52. The van der Waals surface area contributed by atoms with Crippen molar-refractivity contribution in [3.8, 4) is 0 Å². The third-order valence-corrected chi connectivity index (χ3v) is 4.22. The Labute approximate surface area is 102 Å². The number of aliphatic hydroxyl groups is 1. The maximum absolute atomic E-state index is 10.7. The van der Waals surface area contributed by atoms with Gasteiger partial charge in [-0.2, -0.15) is 0 Å². The molecule has 0 spiro atoms. The van der Waals surface area contributed by atoms with Crippen LogP contribution in [0.5, 0.6) is 0 Å². The number of carboxylic acids is 1. The third-order valence-electron chi connectivity index (χ3n) is 4.22. The minimum atomic E-state index is -0.820. The van der Waals surface area contributed by atoms with Crippen LogP contribution in [0.1, 0.15) is 46.0 Å². The Morgan fingerprint density at radius 1 is 1.24 bits per heavy atom. The van der Waals surface area contributed by atoms with Gasteiger partial charge < -0.3 is 15.5 Å². The highest BCUT2D eigenvalue weighted by Crippen LogP contribution is 2.49. The Morgan fingerprint density at radius 3 is 2.24 bits per heavy atom. The fourth-order valence-electron chi connectivity index (χ4n) is 4.33. The van der Waals surface area contributed by atoms with Crippen molar-refractivity contribution in [2.75, 3.05) is 6.54 Å². The molecule has 0 radical (unpaired) electrons. The van der Waals surface area contributed by atoms with Gasteiger partial charge in [0.25, 0.3) is 0 Å². The SMILES string of the molecule is CC1CC2(O)CC(C)CC(NCC(=O)O)(C1)C2. The van der Waals surface area contributed by atoms with Crippen LogP contribution >= 0.6 is 0 Å². The Bertz CT molecular complexity index is 302. The molecule has 0 aromatic heterocycles. The monoisotopic (exact) mass is 241 g/mol. The Hall–Kier alpha value is -0.610. The molecule has 2 bridgehead atoms. The van der Waals surface area contributed by atoms with E-state index in [1.165, 1.54) is 0 Å². The van der Waals surface area contributed by atoms with Gasteiger partial charge in [-0.05, 0) is 43.9 Å². The zero-order valence-corrected chi connectivity index (χ0v) is 10.7. The summed E-state index contributed by atoms with van der Waals surface area (Å²) in [5.74, 6) is 0.101. The van der Waals surface area contributed by atoms with Gasteiger partial charge in [0.15, 0.2) is 0 Å². The predicted molar refractivity (Wildman–Crippen MR) is 64.7 cm³/mol. The van der Waals surface area contributed by atoms with Crippen molar-refractivity contribution < 1.29 is 15.0 Å². The van der Waals surface area contributed by atoms with E-state index in [4.69, 9.17) is 5.11 Å². The van der Waals surface area contributed by atoms with Crippen LogP contribution in [-0.2, 0) is 4.79 Å². The molecule has 2 unspecified atom stereocenters. The first-order chi connectivity index (χ1) is 7.83. The standard InChI is InChI=1S/C13H23NO3/c1-9-3-12(14-7-11(15)16)4-10(2)6-13(17,5-9)8-12/h9-10,14,17H,3-8H2,1-2H3,(H,15,16). The van der Waals surface area contributed by atoms with E-state index in [-0.39, 0.29) is 12.1 Å². The predicted octanol–water partition coefficient (Wildman–Crippen LogP) is 1.38. The maximum Gasteiger partial charge on any atom is 0.317 e. The highest BCUT2D eigenvalue weighted by molar-refractivity contribution is 5.69. The van der Waals surface area contributed by atoms with E-state index in [9.17, 15) is 9.90 Å². The van der Waals surface area contributed by atoms with E-state index >= 15 is 0 Å². The lowest BCUT2D eigenvalue weighted by Crippen LogP contribution is -2.61. The molecule has 2 rings (SSSR count). The smallest absolute Gasteiger partial charge is 0.317 e. The lowest BCUT2D eigenvalue weighted by Gasteiger charge is -2.54. The van der Waals surface area contributed by atoms with Gasteiger partial charge in [-0.25, -0.2) is 0 Å². The van der Waals surface area contributed by atoms with Crippen LogP contribution in [0.2, 0.25) is 0 Å². The molecule has 0 saturated heterocycles. The average Bonchev–Trinajstić information content (AvgIpc) is 2.10. The summed E-state index contributed by atoms with van der Waals surface area (Å²) in [6.45, 7) is 4.30. The molecule has 0 amide bonds. The molecule has 2 saturated carbocycles. The number of hydrogen-bond donors (Lipinski definition) is 3. The molecular formula is C13H23NO3. The summed E-state index contributed by atoms with van der Waals surface area (Å²) in [4.78, 5) is 10.7. The summed E-state index contributed by atoms with van der Waals surface area (Å²) in [7, 11) is 0. The van der Waals surface area contributed by atoms with E-state index in [0.29, 0.717) is 18.3 Å². The van der Waals surface area contributed by atoms with Crippen molar-refractivity contribution in [2.45, 2.75) is 57.1 Å². The van der Waals surface area contributed by atoms with Crippen LogP contribution < -0.4 is 5.32 Å². The minimum absolute atomic E-state index is 0.00444. The van der Waals surface area contributed by atoms with Crippen molar-refractivity contribution in [3.63, 3.8) is 0 Å². The van der Waals surface area contributed by atoms with E-state index in [1.807, 2.05) is 0 Å². The zero-order valence-electron chi connectivity index (χ0n) is 10.7. The molecule has 3 N–H and O–H groups in total. The van der Waals surface area contributed by atoms with Crippen LogP contribution in [-0.4, -0.2) is 33.9 Å². The lowest BCUT2D eigenvalue weighted by atomic mass is 9.59. The van der Waals surface area contributed by atoms with Crippen LogP contribution in [0.25, 0.3) is 0 Å². The topological polar surface area (TPSA) is 69.6 Å². The zero-order chi connectivity index (χ0) is 12.7. The van der Waals surface area contributed by atoms with E-state index in [1.54, 1.807) is 0 Å². The quantitative estimate of drug-likeness (QED) is 0.698.